The minimum atomic E-state index is -3.33. The highest BCUT2D eigenvalue weighted by Crippen LogP contribution is 2.30. The van der Waals surface area contributed by atoms with Crippen molar-refractivity contribution in [3.05, 3.63) is 53.1 Å². The number of rotatable bonds is 3. The van der Waals surface area contributed by atoms with Gasteiger partial charge < -0.3 is 9.88 Å². The third kappa shape index (κ3) is 2.62. The zero-order chi connectivity index (χ0) is 18.5. The lowest BCUT2D eigenvalue weighted by Gasteiger charge is -2.10. The first-order valence-electron chi connectivity index (χ1n) is 7.74. The van der Waals surface area contributed by atoms with Crippen LogP contribution in [0.5, 0.6) is 0 Å². The maximum absolute atomic E-state index is 12.2. The Morgan fingerprint density at radius 3 is 2.77 bits per heavy atom. The number of benzene rings is 1. The quantitative estimate of drug-likeness (QED) is 0.571. The zero-order valence-corrected chi connectivity index (χ0v) is 14.8. The van der Waals surface area contributed by atoms with Crippen LogP contribution < -0.4 is 10.9 Å². The number of nitrogens with zero attached hydrogens (tertiary/aromatic N) is 3. The average Bonchev–Trinajstić information content (AvgIpc) is 3.08. The molecule has 3 heterocycles. The van der Waals surface area contributed by atoms with Crippen LogP contribution in [0, 0.1) is 0 Å². The number of sulfone groups is 1. The van der Waals surface area contributed by atoms with Crippen LogP contribution in [0.25, 0.3) is 21.8 Å². The Morgan fingerprint density at radius 1 is 1.19 bits per heavy atom. The van der Waals surface area contributed by atoms with Gasteiger partial charge in [-0.25, -0.2) is 13.4 Å². The molecule has 8 nitrogen and oxygen atoms in total. The molecule has 9 heteroatoms. The summed E-state index contributed by atoms with van der Waals surface area (Å²) in [6.45, 7) is 0. The third-order valence-corrected chi connectivity index (χ3v) is 5.28. The molecule has 0 atom stereocenters. The van der Waals surface area contributed by atoms with Gasteiger partial charge in [0.15, 0.2) is 15.7 Å². The predicted molar refractivity (Wildman–Crippen MR) is 99.5 cm³/mol. The summed E-state index contributed by atoms with van der Waals surface area (Å²) in [6, 6.07) is 8.17. The van der Waals surface area contributed by atoms with Crippen molar-refractivity contribution in [2.45, 2.75) is 4.90 Å². The Kier molecular flexibility index (Phi) is 3.55. The van der Waals surface area contributed by atoms with Crippen LogP contribution in [0.2, 0.25) is 0 Å². The summed E-state index contributed by atoms with van der Waals surface area (Å²) in [5, 5.41) is 11.3. The number of aromatic amines is 1. The van der Waals surface area contributed by atoms with E-state index in [1.807, 2.05) is 0 Å². The third-order valence-electron chi connectivity index (χ3n) is 4.17. The maximum Gasteiger partial charge on any atom is 0.274 e. The summed E-state index contributed by atoms with van der Waals surface area (Å²) in [7, 11) is -1.67. The van der Waals surface area contributed by atoms with E-state index in [4.69, 9.17) is 0 Å². The van der Waals surface area contributed by atoms with Crippen LogP contribution >= 0.6 is 0 Å². The molecule has 3 aromatic heterocycles. The summed E-state index contributed by atoms with van der Waals surface area (Å²) in [4.78, 5) is 17.0. The van der Waals surface area contributed by atoms with Crippen LogP contribution in [-0.4, -0.2) is 34.4 Å². The zero-order valence-electron chi connectivity index (χ0n) is 14.0. The topological polar surface area (TPSA) is 110 Å². The van der Waals surface area contributed by atoms with Gasteiger partial charge in [0.25, 0.3) is 5.56 Å². The van der Waals surface area contributed by atoms with Gasteiger partial charge in [0.1, 0.15) is 11.2 Å². The van der Waals surface area contributed by atoms with Gasteiger partial charge in [-0.1, -0.05) is 0 Å². The summed E-state index contributed by atoms with van der Waals surface area (Å²) in [6.07, 6.45) is 4.44. The standard InChI is InChI=1S/C17H15N5O3S/c1-22-7-3-4-14(17(22)23)20-16-15-12(9-18-21-15)11-8-10(26(2,24)25)5-6-13(11)19-16/h3-9H,1-2H3,(H,18,21)(H,19,20). The highest BCUT2D eigenvalue weighted by molar-refractivity contribution is 7.90. The molecular formula is C17H15N5O3S. The fourth-order valence-corrected chi connectivity index (χ4v) is 3.46. The number of nitrogens with one attached hydrogen (secondary N) is 2. The molecule has 0 fully saturated rings. The van der Waals surface area contributed by atoms with Crippen LogP contribution in [0.4, 0.5) is 11.5 Å². The van der Waals surface area contributed by atoms with Gasteiger partial charge in [0.2, 0.25) is 0 Å². The van der Waals surface area contributed by atoms with Gasteiger partial charge in [0, 0.05) is 30.3 Å². The minimum absolute atomic E-state index is 0.186. The second-order valence-electron chi connectivity index (χ2n) is 6.03. The van der Waals surface area contributed by atoms with Gasteiger partial charge >= 0.3 is 0 Å². The van der Waals surface area contributed by atoms with Gasteiger partial charge in [-0.2, -0.15) is 5.10 Å². The number of pyridine rings is 2. The lowest BCUT2D eigenvalue weighted by molar-refractivity contribution is 0.602. The molecule has 0 aliphatic carbocycles. The molecule has 132 valence electrons. The second kappa shape index (κ2) is 5.67. The largest absolute Gasteiger partial charge is 0.334 e. The highest BCUT2D eigenvalue weighted by Gasteiger charge is 2.15. The number of fused-ring (bicyclic) bond motifs is 3. The molecule has 0 bridgehead atoms. The van der Waals surface area contributed by atoms with Crippen LogP contribution in [0.15, 0.2) is 52.4 Å². The molecule has 0 amide bonds. The lowest BCUT2D eigenvalue weighted by atomic mass is 10.1. The summed E-state index contributed by atoms with van der Waals surface area (Å²) < 4.78 is 25.1. The van der Waals surface area contributed by atoms with Crippen molar-refractivity contribution in [3.63, 3.8) is 0 Å². The van der Waals surface area contributed by atoms with Crippen molar-refractivity contribution in [2.24, 2.45) is 7.05 Å². The van der Waals surface area contributed by atoms with Gasteiger partial charge in [-0.05, 0) is 30.3 Å². The van der Waals surface area contributed by atoms with Crippen LogP contribution in [0.1, 0.15) is 0 Å². The molecule has 0 spiro atoms. The summed E-state index contributed by atoms with van der Waals surface area (Å²) in [5.41, 5.74) is 1.38. The van der Waals surface area contributed by atoms with Crippen molar-refractivity contribution in [1.82, 2.24) is 19.7 Å². The fourth-order valence-electron chi connectivity index (χ4n) is 2.82. The Morgan fingerprint density at radius 2 is 2.00 bits per heavy atom. The van der Waals surface area contributed by atoms with E-state index < -0.39 is 9.84 Å². The Bertz CT molecular complexity index is 1320. The van der Waals surface area contributed by atoms with Crippen LogP contribution in [-0.2, 0) is 16.9 Å². The molecule has 0 aliphatic heterocycles. The van der Waals surface area contributed by atoms with E-state index in [0.29, 0.717) is 27.9 Å². The first-order chi connectivity index (χ1) is 12.3. The molecule has 1 aromatic carbocycles. The molecule has 0 unspecified atom stereocenters. The smallest absolute Gasteiger partial charge is 0.274 e. The molecule has 2 N–H and O–H groups in total. The Balaban J connectivity index is 1.95. The monoisotopic (exact) mass is 369 g/mol. The lowest BCUT2D eigenvalue weighted by Crippen LogP contribution is -2.18. The highest BCUT2D eigenvalue weighted by atomic mass is 32.2. The number of hydrogen-bond donors (Lipinski definition) is 2. The van der Waals surface area contributed by atoms with E-state index in [9.17, 15) is 13.2 Å². The molecule has 0 radical (unpaired) electrons. The second-order valence-corrected chi connectivity index (χ2v) is 8.05. The van der Waals surface area contributed by atoms with Crippen molar-refractivity contribution < 1.29 is 8.42 Å². The molecule has 0 saturated carbocycles. The SMILES string of the molecule is Cn1cccc(Nc2nc3ccc(S(C)(=O)=O)cc3c3cn[nH]c23)c1=O. The first-order valence-corrected chi connectivity index (χ1v) is 9.63. The van der Waals surface area contributed by atoms with Crippen LogP contribution in [0.3, 0.4) is 0 Å². The molecular weight excluding hydrogens is 354 g/mol. The number of H-pyrrole nitrogens is 1. The van der Waals surface area contributed by atoms with Gasteiger partial charge in [-0.15, -0.1) is 0 Å². The van der Waals surface area contributed by atoms with E-state index >= 15 is 0 Å². The fraction of sp³-hybridized carbons (Fsp3) is 0.118. The molecule has 4 rings (SSSR count). The van der Waals surface area contributed by atoms with Crippen molar-refractivity contribution in [2.75, 3.05) is 11.6 Å². The Hall–Kier alpha value is -3.20. The average molecular weight is 369 g/mol. The van der Waals surface area contributed by atoms with Gasteiger partial charge in [0.05, 0.1) is 16.6 Å². The normalized spacial score (nSPS) is 11.9. The summed E-state index contributed by atoms with van der Waals surface area (Å²) >= 11 is 0. The maximum atomic E-state index is 12.2. The molecule has 4 aromatic rings. The van der Waals surface area contributed by atoms with E-state index in [0.717, 1.165) is 11.6 Å². The molecule has 26 heavy (non-hydrogen) atoms. The van der Waals surface area contributed by atoms with E-state index in [2.05, 4.69) is 20.5 Å². The molecule has 0 saturated heterocycles. The van der Waals surface area contributed by atoms with Gasteiger partial charge in [-0.3, -0.25) is 9.89 Å². The minimum Gasteiger partial charge on any atom is -0.334 e. The summed E-state index contributed by atoms with van der Waals surface area (Å²) in [5.74, 6) is 0.445. The van der Waals surface area contributed by atoms with Crippen molar-refractivity contribution in [3.8, 4) is 0 Å². The molecule has 0 aliphatic rings. The van der Waals surface area contributed by atoms with Crippen molar-refractivity contribution in [1.29, 1.82) is 0 Å². The van der Waals surface area contributed by atoms with Crippen molar-refractivity contribution >= 4 is 43.1 Å². The first kappa shape index (κ1) is 16.3. The number of hydrogen-bond acceptors (Lipinski definition) is 6. The number of anilines is 2. The van der Waals surface area contributed by atoms with E-state index in [1.54, 1.807) is 43.7 Å². The number of aryl methyl sites for hydroxylation is 1. The van der Waals surface area contributed by atoms with E-state index in [-0.39, 0.29) is 10.5 Å². The Labute approximate surface area is 148 Å². The predicted octanol–water partition coefficient (Wildman–Crippen LogP) is 1.96. The van der Waals surface area contributed by atoms with E-state index in [1.165, 1.54) is 10.6 Å². The number of aromatic nitrogens is 4.